The lowest BCUT2D eigenvalue weighted by atomic mass is 9.81. The number of hydrogen-bond acceptors (Lipinski definition) is 5. The number of carbonyl (C=O) groups excluding carboxylic acids is 3. The van der Waals surface area contributed by atoms with Gasteiger partial charge < -0.3 is 10.6 Å². The fourth-order valence-corrected chi connectivity index (χ4v) is 3.06. The third-order valence-corrected chi connectivity index (χ3v) is 4.96. The molecule has 3 rings (SSSR count). The van der Waals surface area contributed by atoms with Crippen molar-refractivity contribution in [1.29, 1.82) is 0 Å². The van der Waals surface area contributed by atoms with Crippen LogP contribution in [0.4, 0.5) is 24.7 Å². The van der Waals surface area contributed by atoms with Gasteiger partial charge >= 0.3 is 6.18 Å². The highest BCUT2D eigenvalue weighted by Gasteiger charge is 2.42. The highest BCUT2D eigenvalue weighted by Crippen LogP contribution is 2.30. The van der Waals surface area contributed by atoms with E-state index < -0.39 is 34.9 Å². The molecule has 1 aromatic heterocycles. The SMILES string of the molecule is CC1(C(=O)NNC(=O)c2cccnc2Nc2ccc(C(F)(F)F)cc2)CCCNC1=O. The number of amides is 3. The molecule has 1 unspecified atom stereocenters. The van der Waals surface area contributed by atoms with Crippen molar-refractivity contribution in [3.05, 3.63) is 53.7 Å². The van der Waals surface area contributed by atoms with Crippen molar-refractivity contribution < 1.29 is 27.6 Å². The Balaban J connectivity index is 1.69. The molecule has 8 nitrogen and oxygen atoms in total. The van der Waals surface area contributed by atoms with Crippen LogP contribution < -0.4 is 21.5 Å². The molecule has 1 fully saturated rings. The fourth-order valence-electron chi connectivity index (χ4n) is 3.06. The quantitative estimate of drug-likeness (QED) is 0.436. The van der Waals surface area contributed by atoms with E-state index in [9.17, 15) is 27.6 Å². The number of hydrogen-bond donors (Lipinski definition) is 4. The Hall–Kier alpha value is -3.63. The number of nitrogens with one attached hydrogen (secondary N) is 4. The minimum atomic E-state index is -4.46. The van der Waals surface area contributed by atoms with Crippen LogP contribution in [0.2, 0.25) is 0 Å². The van der Waals surface area contributed by atoms with Gasteiger partial charge in [0.1, 0.15) is 11.2 Å². The molecule has 2 aromatic rings. The first-order valence-electron chi connectivity index (χ1n) is 9.39. The first-order valence-corrected chi connectivity index (χ1v) is 9.39. The summed E-state index contributed by atoms with van der Waals surface area (Å²) in [6.45, 7) is 1.98. The van der Waals surface area contributed by atoms with E-state index in [0.29, 0.717) is 19.4 Å². The third kappa shape index (κ3) is 4.93. The predicted molar refractivity (Wildman–Crippen MR) is 105 cm³/mol. The number of rotatable bonds is 4. The van der Waals surface area contributed by atoms with E-state index in [1.165, 1.54) is 37.4 Å². The summed E-state index contributed by atoms with van der Waals surface area (Å²) in [5.41, 5.74) is 2.73. The molecule has 3 amide bonds. The van der Waals surface area contributed by atoms with Gasteiger partial charge in [-0.15, -0.1) is 0 Å². The number of anilines is 2. The summed E-state index contributed by atoms with van der Waals surface area (Å²) in [7, 11) is 0. The Labute approximate surface area is 175 Å². The van der Waals surface area contributed by atoms with Gasteiger partial charge in [0.15, 0.2) is 0 Å². The zero-order valence-electron chi connectivity index (χ0n) is 16.5. The molecule has 0 saturated carbocycles. The molecule has 1 atom stereocenters. The second-order valence-electron chi connectivity index (χ2n) is 7.20. The molecule has 11 heteroatoms. The predicted octanol–water partition coefficient (Wildman–Crippen LogP) is 2.52. The van der Waals surface area contributed by atoms with Crippen LogP contribution in [0.1, 0.15) is 35.7 Å². The highest BCUT2D eigenvalue weighted by molar-refractivity contribution is 6.06. The Morgan fingerprint density at radius 3 is 2.48 bits per heavy atom. The Morgan fingerprint density at radius 2 is 1.84 bits per heavy atom. The molecule has 1 aliphatic rings. The minimum absolute atomic E-state index is 0.0425. The standard InChI is InChI=1S/C20H20F3N5O3/c1-19(9-3-11-25-17(19)30)18(31)28-27-16(29)14-4-2-10-24-15(14)26-13-7-5-12(6-8-13)20(21,22)23/h2,4-8,10H,3,9,11H2,1H3,(H,24,26)(H,25,30)(H,27,29)(H,28,31). The molecular weight excluding hydrogens is 415 g/mol. The van der Waals surface area contributed by atoms with Crippen molar-refractivity contribution in [3.63, 3.8) is 0 Å². The van der Waals surface area contributed by atoms with Gasteiger partial charge in [0, 0.05) is 18.4 Å². The van der Waals surface area contributed by atoms with Gasteiger partial charge in [0.05, 0.1) is 11.1 Å². The maximum Gasteiger partial charge on any atom is 0.416 e. The van der Waals surface area contributed by atoms with E-state index >= 15 is 0 Å². The molecule has 164 valence electrons. The second kappa shape index (κ2) is 8.62. The maximum absolute atomic E-state index is 12.7. The summed E-state index contributed by atoms with van der Waals surface area (Å²) in [5.74, 6) is -1.71. The molecule has 0 bridgehead atoms. The number of halogens is 3. The van der Waals surface area contributed by atoms with Crippen LogP contribution in [0, 0.1) is 5.41 Å². The summed E-state index contributed by atoms with van der Waals surface area (Å²) < 4.78 is 38.1. The van der Waals surface area contributed by atoms with Crippen LogP contribution in [-0.2, 0) is 15.8 Å². The van der Waals surface area contributed by atoms with E-state index in [-0.39, 0.29) is 17.1 Å². The number of aromatic nitrogens is 1. The first kappa shape index (κ1) is 22.1. The van der Waals surface area contributed by atoms with Crippen molar-refractivity contribution in [1.82, 2.24) is 21.2 Å². The number of carbonyl (C=O) groups is 3. The molecule has 4 N–H and O–H groups in total. The van der Waals surface area contributed by atoms with Crippen LogP contribution in [-0.4, -0.2) is 29.3 Å². The first-order chi connectivity index (χ1) is 14.6. The average molecular weight is 435 g/mol. The smallest absolute Gasteiger partial charge is 0.355 e. The molecule has 0 aliphatic carbocycles. The van der Waals surface area contributed by atoms with Crippen LogP contribution in [0.15, 0.2) is 42.6 Å². The van der Waals surface area contributed by atoms with Crippen molar-refractivity contribution >= 4 is 29.2 Å². The summed E-state index contributed by atoms with van der Waals surface area (Å²) in [6.07, 6.45) is -2.09. The molecule has 0 spiro atoms. The van der Waals surface area contributed by atoms with Gasteiger partial charge in [-0.05, 0) is 56.2 Å². The van der Waals surface area contributed by atoms with Gasteiger partial charge in [-0.3, -0.25) is 25.2 Å². The molecular formula is C20H20F3N5O3. The van der Waals surface area contributed by atoms with E-state index in [0.717, 1.165) is 12.1 Å². The summed E-state index contributed by atoms with van der Waals surface area (Å²) in [6, 6.07) is 7.15. The Morgan fingerprint density at radius 1 is 1.13 bits per heavy atom. The lowest BCUT2D eigenvalue weighted by Crippen LogP contribution is -2.56. The molecule has 1 aromatic carbocycles. The number of alkyl halides is 3. The van der Waals surface area contributed by atoms with Gasteiger partial charge in [0.2, 0.25) is 5.91 Å². The maximum atomic E-state index is 12.7. The van der Waals surface area contributed by atoms with Gasteiger partial charge in [0.25, 0.3) is 11.8 Å². The zero-order valence-corrected chi connectivity index (χ0v) is 16.5. The number of benzene rings is 1. The zero-order chi connectivity index (χ0) is 22.6. The third-order valence-electron chi connectivity index (χ3n) is 4.96. The Kier molecular flexibility index (Phi) is 6.14. The van der Waals surface area contributed by atoms with Crippen molar-refractivity contribution in [3.8, 4) is 0 Å². The van der Waals surface area contributed by atoms with E-state index in [1.54, 1.807) is 0 Å². The Bertz CT molecular complexity index is 994. The molecule has 1 saturated heterocycles. The van der Waals surface area contributed by atoms with Crippen LogP contribution in [0.25, 0.3) is 0 Å². The minimum Gasteiger partial charge on any atom is -0.355 e. The van der Waals surface area contributed by atoms with E-state index in [1.807, 2.05) is 0 Å². The number of hydrazine groups is 1. The van der Waals surface area contributed by atoms with Crippen molar-refractivity contribution in [2.45, 2.75) is 25.9 Å². The van der Waals surface area contributed by atoms with Crippen LogP contribution in [0.5, 0.6) is 0 Å². The molecule has 0 radical (unpaired) electrons. The lowest BCUT2D eigenvalue weighted by Gasteiger charge is -2.30. The largest absolute Gasteiger partial charge is 0.416 e. The average Bonchev–Trinajstić information content (AvgIpc) is 2.74. The van der Waals surface area contributed by atoms with Gasteiger partial charge in [-0.1, -0.05) is 0 Å². The number of pyridine rings is 1. The molecule has 31 heavy (non-hydrogen) atoms. The second-order valence-corrected chi connectivity index (χ2v) is 7.20. The number of piperidine rings is 1. The summed E-state index contributed by atoms with van der Waals surface area (Å²) in [5, 5.41) is 5.40. The topological polar surface area (TPSA) is 112 Å². The van der Waals surface area contributed by atoms with Crippen LogP contribution in [0.3, 0.4) is 0 Å². The highest BCUT2D eigenvalue weighted by atomic mass is 19.4. The van der Waals surface area contributed by atoms with Gasteiger partial charge in [-0.25, -0.2) is 4.98 Å². The van der Waals surface area contributed by atoms with Crippen molar-refractivity contribution in [2.75, 3.05) is 11.9 Å². The molecule has 2 heterocycles. The van der Waals surface area contributed by atoms with Crippen LogP contribution >= 0.6 is 0 Å². The summed E-state index contributed by atoms with van der Waals surface area (Å²) >= 11 is 0. The monoisotopic (exact) mass is 435 g/mol. The van der Waals surface area contributed by atoms with Crippen molar-refractivity contribution in [2.24, 2.45) is 5.41 Å². The normalized spacial score (nSPS) is 18.6. The van der Waals surface area contributed by atoms with E-state index in [4.69, 9.17) is 0 Å². The van der Waals surface area contributed by atoms with Gasteiger partial charge in [-0.2, -0.15) is 13.2 Å². The fraction of sp³-hybridized carbons (Fsp3) is 0.300. The van der Waals surface area contributed by atoms with E-state index in [2.05, 4.69) is 26.5 Å². The summed E-state index contributed by atoms with van der Waals surface area (Å²) in [4.78, 5) is 41.1. The number of nitrogens with zero attached hydrogens (tertiary/aromatic N) is 1. The lowest BCUT2D eigenvalue weighted by molar-refractivity contribution is -0.145. The molecule has 1 aliphatic heterocycles.